The number of nitrogens with one attached hydrogen (secondary N) is 2. The maximum Gasteiger partial charge on any atom is 0.257 e. The van der Waals surface area contributed by atoms with Crippen molar-refractivity contribution in [3.05, 3.63) is 54.1 Å². The van der Waals surface area contributed by atoms with Crippen LogP contribution in [0.1, 0.15) is 36.5 Å². The van der Waals surface area contributed by atoms with Gasteiger partial charge in [-0.25, -0.2) is 8.42 Å². The molecule has 0 bridgehead atoms. The van der Waals surface area contributed by atoms with E-state index >= 15 is 0 Å². The molecule has 2 amide bonds. The molecule has 0 aromatic heterocycles. The van der Waals surface area contributed by atoms with Crippen molar-refractivity contribution in [3.8, 4) is 5.75 Å². The summed E-state index contributed by atoms with van der Waals surface area (Å²) in [7, 11) is -1.76. The number of fused-ring (bicyclic) bond motifs is 2. The number of likely N-dealkylation sites (N-methyl/N-ethyl adjacent to an activating group) is 1. The summed E-state index contributed by atoms with van der Waals surface area (Å²) < 4.78 is 38.4. The number of hydrogen-bond donors (Lipinski definition) is 2. The Hall–Kier alpha value is -3.11. The van der Waals surface area contributed by atoms with E-state index in [1.54, 1.807) is 31.0 Å². The lowest BCUT2D eigenvalue weighted by Crippen LogP contribution is -2.53. The van der Waals surface area contributed by atoms with E-state index in [1.807, 2.05) is 30.3 Å². The zero-order chi connectivity index (χ0) is 24.3. The van der Waals surface area contributed by atoms with Crippen LogP contribution in [0.5, 0.6) is 5.75 Å². The molecule has 10 heteroatoms. The average Bonchev–Trinajstić information content (AvgIpc) is 2.82. The first-order valence-corrected chi connectivity index (χ1v) is 13.0. The Morgan fingerprint density at radius 2 is 1.88 bits per heavy atom. The van der Waals surface area contributed by atoms with Crippen LogP contribution in [-0.4, -0.2) is 62.8 Å². The highest BCUT2D eigenvalue weighted by Crippen LogP contribution is 2.32. The molecule has 2 aromatic carbocycles. The average molecular weight is 488 g/mol. The van der Waals surface area contributed by atoms with Crippen molar-refractivity contribution in [2.24, 2.45) is 0 Å². The number of rotatable bonds is 6. The number of para-hydroxylation sites is 1. The van der Waals surface area contributed by atoms with Gasteiger partial charge >= 0.3 is 0 Å². The van der Waals surface area contributed by atoms with Crippen molar-refractivity contribution >= 4 is 33.2 Å². The molecule has 182 valence electrons. The van der Waals surface area contributed by atoms with Gasteiger partial charge in [-0.05, 0) is 50.1 Å². The minimum Gasteiger partial charge on any atom is -0.490 e. The summed E-state index contributed by atoms with van der Waals surface area (Å²) in [6.07, 6.45) is 0.847. The molecule has 0 unspecified atom stereocenters. The maximum absolute atomic E-state index is 13.2. The van der Waals surface area contributed by atoms with Crippen molar-refractivity contribution in [2.45, 2.75) is 44.4 Å². The fourth-order valence-electron chi connectivity index (χ4n) is 4.28. The van der Waals surface area contributed by atoms with Gasteiger partial charge in [0.25, 0.3) is 5.91 Å². The number of amides is 2. The summed E-state index contributed by atoms with van der Waals surface area (Å²) in [5.41, 5.74) is 1.34. The van der Waals surface area contributed by atoms with Gasteiger partial charge in [-0.1, -0.05) is 18.2 Å². The van der Waals surface area contributed by atoms with E-state index in [4.69, 9.17) is 9.47 Å². The number of sulfonamides is 1. The predicted octanol–water partition coefficient (Wildman–Crippen LogP) is 2.86. The van der Waals surface area contributed by atoms with E-state index < -0.39 is 10.0 Å². The van der Waals surface area contributed by atoms with Crippen LogP contribution in [0.15, 0.2) is 48.5 Å². The summed E-state index contributed by atoms with van der Waals surface area (Å²) in [5.74, 6) is -0.105. The highest BCUT2D eigenvalue weighted by molar-refractivity contribution is 7.92. The fraction of sp³-hybridized carbons (Fsp3) is 0.417. The molecule has 0 aliphatic carbocycles. The predicted molar refractivity (Wildman–Crippen MR) is 128 cm³/mol. The van der Waals surface area contributed by atoms with Crippen molar-refractivity contribution in [3.63, 3.8) is 0 Å². The van der Waals surface area contributed by atoms with Gasteiger partial charge in [0, 0.05) is 18.4 Å². The van der Waals surface area contributed by atoms with Crippen LogP contribution in [-0.2, 0) is 19.6 Å². The third kappa shape index (κ3) is 5.51. The molecule has 0 spiro atoms. The van der Waals surface area contributed by atoms with Crippen LogP contribution in [0.25, 0.3) is 0 Å². The lowest BCUT2D eigenvalue weighted by atomic mass is 9.94. The minimum absolute atomic E-state index is 0.0694. The minimum atomic E-state index is -3.47. The summed E-state index contributed by atoms with van der Waals surface area (Å²) in [6, 6.07) is 13.7. The van der Waals surface area contributed by atoms with E-state index in [-0.39, 0.29) is 48.8 Å². The zero-order valence-electron chi connectivity index (χ0n) is 19.2. The summed E-state index contributed by atoms with van der Waals surface area (Å²) >= 11 is 0. The second kappa shape index (κ2) is 10.0. The molecule has 2 aliphatic heterocycles. The molecule has 2 N–H and O–H groups in total. The number of carbonyl (C=O) groups is 2. The van der Waals surface area contributed by atoms with Crippen molar-refractivity contribution < 1.29 is 27.5 Å². The molecular formula is C24H29N3O6S. The number of hydrogen-bond acceptors (Lipinski definition) is 6. The van der Waals surface area contributed by atoms with Gasteiger partial charge < -0.3 is 19.7 Å². The second-order valence-corrected chi connectivity index (χ2v) is 10.5. The van der Waals surface area contributed by atoms with Gasteiger partial charge in [0.15, 0.2) is 0 Å². The molecule has 34 heavy (non-hydrogen) atoms. The Morgan fingerprint density at radius 1 is 1.12 bits per heavy atom. The summed E-state index contributed by atoms with van der Waals surface area (Å²) in [5, 5.41) is 2.87. The fourth-order valence-corrected chi connectivity index (χ4v) is 4.91. The van der Waals surface area contributed by atoms with Crippen LogP contribution < -0.4 is 14.8 Å². The van der Waals surface area contributed by atoms with Crippen LogP contribution in [0.3, 0.4) is 0 Å². The SMILES string of the molecule is CCS(=O)(=O)Nc1ccc2c(c1)C(=O)N(C)[C@H]1CC[C@H](CC(=O)Nc3ccccc3)O[C@@H]1CO2. The number of nitrogens with zero attached hydrogens (tertiary/aromatic N) is 1. The van der Waals surface area contributed by atoms with E-state index in [0.29, 0.717) is 29.8 Å². The zero-order valence-corrected chi connectivity index (χ0v) is 20.0. The maximum atomic E-state index is 13.2. The van der Waals surface area contributed by atoms with Crippen LogP contribution >= 0.6 is 0 Å². The standard InChI is InChI=1S/C24H29N3O6S/c1-3-34(30,31)26-17-9-12-21-19(13-17)24(29)27(2)20-11-10-18(33-22(20)15-32-21)14-23(28)25-16-7-5-4-6-8-16/h4-9,12-13,18,20,22,26H,3,10-11,14-15H2,1-2H3,(H,25,28)/t18-,20+,22-/m1/s1. The van der Waals surface area contributed by atoms with E-state index in [1.165, 1.54) is 6.07 Å². The van der Waals surface area contributed by atoms with Crippen LogP contribution in [0.4, 0.5) is 11.4 Å². The van der Waals surface area contributed by atoms with Crippen molar-refractivity contribution in [1.29, 1.82) is 0 Å². The molecular weight excluding hydrogens is 458 g/mol. The molecule has 1 saturated heterocycles. The van der Waals surface area contributed by atoms with Crippen LogP contribution in [0.2, 0.25) is 0 Å². The quantitative estimate of drug-likeness (QED) is 0.648. The van der Waals surface area contributed by atoms with Gasteiger partial charge in [-0.2, -0.15) is 0 Å². The number of anilines is 2. The Balaban J connectivity index is 1.45. The van der Waals surface area contributed by atoms with E-state index in [0.717, 1.165) is 5.69 Å². The summed E-state index contributed by atoms with van der Waals surface area (Å²) in [6.45, 7) is 1.76. The molecule has 2 aromatic rings. The lowest BCUT2D eigenvalue weighted by Gasteiger charge is -2.42. The highest BCUT2D eigenvalue weighted by Gasteiger charge is 2.39. The van der Waals surface area contributed by atoms with E-state index in [2.05, 4.69) is 10.0 Å². The second-order valence-electron chi connectivity index (χ2n) is 8.50. The number of ether oxygens (including phenoxy) is 2. The van der Waals surface area contributed by atoms with Gasteiger partial charge in [0.1, 0.15) is 18.5 Å². The Labute approximate surface area is 199 Å². The third-order valence-corrected chi connectivity index (χ3v) is 7.44. The van der Waals surface area contributed by atoms with Gasteiger partial charge in [0.2, 0.25) is 15.9 Å². The summed E-state index contributed by atoms with van der Waals surface area (Å²) in [4.78, 5) is 27.3. The Kier molecular flexibility index (Phi) is 7.08. The van der Waals surface area contributed by atoms with Gasteiger partial charge in [0.05, 0.1) is 29.9 Å². The van der Waals surface area contributed by atoms with Crippen molar-refractivity contribution in [2.75, 3.05) is 29.4 Å². The van der Waals surface area contributed by atoms with Gasteiger partial charge in [-0.15, -0.1) is 0 Å². The Morgan fingerprint density at radius 3 is 2.62 bits per heavy atom. The molecule has 2 aliphatic rings. The molecule has 0 radical (unpaired) electrons. The monoisotopic (exact) mass is 487 g/mol. The third-order valence-electron chi connectivity index (χ3n) is 6.14. The van der Waals surface area contributed by atoms with E-state index in [9.17, 15) is 18.0 Å². The smallest absolute Gasteiger partial charge is 0.257 e. The first-order valence-electron chi connectivity index (χ1n) is 11.3. The lowest BCUT2D eigenvalue weighted by molar-refractivity contribution is -0.130. The molecule has 2 heterocycles. The molecule has 1 fully saturated rings. The van der Waals surface area contributed by atoms with Gasteiger partial charge in [-0.3, -0.25) is 14.3 Å². The molecule has 4 rings (SSSR count). The Bertz CT molecular complexity index is 1150. The highest BCUT2D eigenvalue weighted by atomic mass is 32.2. The number of benzene rings is 2. The topological polar surface area (TPSA) is 114 Å². The number of carbonyl (C=O) groups excluding carboxylic acids is 2. The molecule has 3 atom stereocenters. The van der Waals surface area contributed by atoms with Crippen LogP contribution in [0, 0.1) is 0 Å². The first-order chi connectivity index (χ1) is 16.3. The normalized spacial score (nSPS) is 22.5. The molecule has 0 saturated carbocycles. The first kappa shape index (κ1) is 24.0. The molecule has 9 nitrogen and oxygen atoms in total. The van der Waals surface area contributed by atoms with Crippen molar-refractivity contribution in [1.82, 2.24) is 4.90 Å². The largest absolute Gasteiger partial charge is 0.490 e.